The first kappa shape index (κ1) is 13.0. The molecule has 2 N–H and O–H groups in total. The van der Waals surface area contributed by atoms with Gasteiger partial charge < -0.3 is 19.9 Å². The van der Waals surface area contributed by atoms with Gasteiger partial charge in [-0.1, -0.05) is 0 Å². The molecule has 18 heavy (non-hydrogen) atoms. The van der Waals surface area contributed by atoms with Crippen molar-refractivity contribution in [1.82, 2.24) is 5.32 Å². The summed E-state index contributed by atoms with van der Waals surface area (Å²) in [6, 6.07) is 3.72. The monoisotopic (exact) mass is 251 g/mol. The molecule has 4 heteroatoms. The molecule has 1 aliphatic heterocycles. The Hall–Kier alpha value is -1.42. The number of rotatable bonds is 4. The maximum Gasteiger partial charge on any atom is 0.203 e. The molecule has 1 heterocycles. The van der Waals surface area contributed by atoms with Crippen LogP contribution in [-0.4, -0.2) is 25.4 Å². The predicted octanol–water partition coefficient (Wildman–Crippen LogP) is 2.40. The van der Waals surface area contributed by atoms with E-state index in [1.165, 1.54) is 7.11 Å². The van der Waals surface area contributed by atoms with Crippen molar-refractivity contribution in [2.45, 2.75) is 32.2 Å². The fourth-order valence-corrected chi connectivity index (χ4v) is 2.51. The molecule has 1 aromatic rings. The number of hydrogen-bond acceptors (Lipinski definition) is 4. The van der Waals surface area contributed by atoms with Crippen molar-refractivity contribution < 1.29 is 14.6 Å². The first-order chi connectivity index (χ1) is 8.60. The molecule has 1 saturated heterocycles. The number of nitrogens with one attached hydrogen (secondary N) is 1. The van der Waals surface area contributed by atoms with E-state index in [-0.39, 0.29) is 11.3 Å². The van der Waals surface area contributed by atoms with Crippen molar-refractivity contribution in [1.29, 1.82) is 0 Å². The average molecular weight is 251 g/mol. The van der Waals surface area contributed by atoms with Crippen molar-refractivity contribution in [3.05, 3.63) is 17.7 Å². The molecule has 0 saturated carbocycles. The second-order valence-corrected chi connectivity index (χ2v) is 4.82. The molecule has 0 radical (unpaired) electrons. The summed E-state index contributed by atoms with van der Waals surface area (Å²) in [5.41, 5.74) is 0.956. The molecule has 0 spiro atoms. The molecule has 0 aliphatic carbocycles. The summed E-state index contributed by atoms with van der Waals surface area (Å²) in [5.74, 6) is 1.14. The summed E-state index contributed by atoms with van der Waals surface area (Å²) in [5, 5.41) is 13.5. The van der Waals surface area contributed by atoms with Crippen LogP contribution < -0.4 is 14.8 Å². The molecule has 100 valence electrons. The maximum absolute atomic E-state index is 10.0. The normalized spacial score (nSPS) is 23.1. The van der Waals surface area contributed by atoms with E-state index in [0.29, 0.717) is 18.1 Å². The molecular formula is C14H21NO3. The molecule has 2 rings (SSSR count). The Kier molecular flexibility index (Phi) is 3.66. The van der Waals surface area contributed by atoms with Crippen LogP contribution in [0.4, 0.5) is 0 Å². The van der Waals surface area contributed by atoms with E-state index in [2.05, 4.69) is 12.2 Å². The lowest BCUT2D eigenvalue weighted by molar-refractivity contribution is 0.297. The summed E-state index contributed by atoms with van der Waals surface area (Å²) in [7, 11) is 1.53. The van der Waals surface area contributed by atoms with E-state index in [4.69, 9.17) is 9.47 Å². The molecule has 4 nitrogen and oxygen atoms in total. The quantitative estimate of drug-likeness (QED) is 0.862. The molecule has 0 amide bonds. The van der Waals surface area contributed by atoms with Gasteiger partial charge in [0.25, 0.3) is 0 Å². The van der Waals surface area contributed by atoms with Crippen LogP contribution in [0.5, 0.6) is 17.2 Å². The van der Waals surface area contributed by atoms with Crippen LogP contribution >= 0.6 is 0 Å². The fourth-order valence-electron chi connectivity index (χ4n) is 2.51. The largest absolute Gasteiger partial charge is 0.504 e. The van der Waals surface area contributed by atoms with Gasteiger partial charge in [-0.3, -0.25) is 0 Å². The summed E-state index contributed by atoms with van der Waals surface area (Å²) < 4.78 is 10.7. The van der Waals surface area contributed by atoms with Crippen molar-refractivity contribution >= 4 is 0 Å². The van der Waals surface area contributed by atoms with Gasteiger partial charge in [-0.2, -0.15) is 0 Å². The average Bonchev–Trinajstić information content (AvgIpc) is 2.77. The second-order valence-electron chi connectivity index (χ2n) is 4.82. The zero-order chi connectivity index (χ0) is 13.2. The van der Waals surface area contributed by atoms with Crippen LogP contribution in [0.3, 0.4) is 0 Å². The van der Waals surface area contributed by atoms with Gasteiger partial charge in [0.05, 0.1) is 13.7 Å². The fraction of sp³-hybridized carbons (Fsp3) is 0.571. The van der Waals surface area contributed by atoms with Gasteiger partial charge in [0, 0.05) is 5.54 Å². The van der Waals surface area contributed by atoms with Crippen molar-refractivity contribution in [2.75, 3.05) is 20.3 Å². The van der Waals surface area contributed by atoms with E-state index in [1.54, 1.807) is 6.07 Å². The highest BCUT2D eigenvalue weighted by Gasteiger charge is 2.31. The first-order valence-electron chi connectivity index (χ1n) is 6.40. The van der Waals surface area contributed by atoms with Gasteiger partial charge in [-0.15, -0.1) is 0 Å². The van der Waals surface area contributed by atoms with Crippen LogP contribution in [0.15, 0.2) is 12.1 Å². The highest BCUT2D eigenvalue weighted by molar-refractivity contribution is 5.54. The lowest BCUT2D eigenvalue weighted by Gasteiger charge is -2.26. The number of hydrogen-bond donors (Lipinski definition) is 2. The molecule has 1 unspecified atom stereocenters. The van der Waals surface area contributed by atoms with E-state index in [0.717, 1.165) is 24.9 Å². The maximum atomic E-state index is 10.0. The number of phenolic OH excluding ortho intramolecular Hbond substituents is 1. The SMILES string of the molecule is CCOc1cc(C2(C)CCCN2)cc(O)c1OC. The topological polar surface area (TPSA) is 50.7 Å². The Labute approximate surface area is 108 Å². The Morgan fingerprint density at radius 2 is 2.22 bits per heavy atom. The standard InChI is InChI=1S/C14H21NO3/c1-4-18-12-9-10(8-11(16)13(12)17-3)14(2)6-5-7-15-14/h8-9,15-16H,4-7H2,1-3H3. The van der Waals surface area contributed by atoms with Crippen LogP contribution in [-0.2, 0) is 5.54 Å². The van der Waals surface area contributed by atoms with Crippen LogP contribution in [0.25, 0.3) is 0 Å². The van der Waals surface area contributed by atoms with Gasteiger partial charge in [-0.05, 0) is 50.9 Å². The van der Waals surface area contributed by atoms with E-state index in [1.807, 2.05) is 13.0 Å². The van der Waals surface area contributed by atoms with Crippen LogP contribution in [0.2, 0.25) is 0 Å². The Bertz CT molecular complexity index is 425. The van der Waals surface area contributed by atoms with Crippen molar-refractivity contribution in [3.63, 3.8) is 0 Å². The van der Waals surface area contributed by atoms with Crippen LogP contribution in [0, 0.1) is 0 Å². The number of aromatic hydroxyl groups is 1. The minimum atomic E-state index is -0.0877. The van der Waals surface area contributed by atoms with E-state index < -0.39 is 0 Å². The number of phenols is 1. The Balaban J connectivity index is 2.43. The molecule has 1 aliphatic rings. The van der Waals surface area contributed by atoms with Crippen LogP contribution in [0.1, 0.15) is 32.3 Å². The molecule has 0 aromatic heterocycles. The Morgan fingerprint density at radius 1 is 1.44 bits per heavy atom. The number of benzene rings is 1. The molecule has 1 aromatic carbocycles. The summed E-state index contributed by atoms with van der Waals surface area (Å²) in [6.45, 7) is 5.62. The molecular weight excluding hydrogens is 230 g/mol. The predicted molar refractivity (Wildman–Crippen MR) is 70.4 cm³/mol. The van der Waals surface area contributed by atoms with Gasteiger partial charge in [0.15, 0.2) is 11.5 Å². The summed E-state index contributed by atoms with van der Waals surface area (Å²) >= 11 is 0. The first-order valence-corrected chi connectivity index (χ1v) is 6.40. The Morgan fingerprint density at radius 3 is 2.78 bits per heavy atom. The van der Waals surface area contributed by atoms with Crippen molar-refractivity contribution in [2.24, 2.45) is 0 Å². The highest BCUT2D eigenvalue weighted by Crippen LogP contribution is 2.42. The summed E-state index contributed by atoms with van der Waals surface area (Å²) in [4.78, 5) is 0. The minimum Gasteiger partial charge on any atom is -0.504 e. The lowest BCUT2D eigenvalue weighted by atomic mass is 9.90. The summed E-state index contributed by atoms with van der Waals surface area (Å²) in [6.07, 6.45) is 2.21. The minimum absolute atomic E-state index is 0.0877. The molecule has 1 fully saturated rings. The lowest BCUT2D eigenvalue weighted by Crippen LogP contribution is -2.33. The highest BCUT2D eigenvalue weighted by atomic mass is 16.5. The number of ether oxygens (including phenoxy) is 2. The smallest absolute Gasteiger partial charge is 0.203 e. The molecule has 0 bridgehead atoms. The number of methoxy groups -OCH3 is 1. The third kappa shape index (κ3) is 2.25. The zero-order valence-corrected chi connectivity index (χ0v) is 11.2. The van der Waals surface area contributed by atoms with Crippen molar-refractivity contribution in [3.8, 4) is 17.2 Å². The third-order valence-corrected chi connectivity index (χ3v) is 3.55. The van der Waals surface area contributed by atoms with Gasteiger partial charge >= 0.3 is 0 Å². The van der Waals surface area contributed by atoms with Gasteiger partial charge in [0.1, 0.15) is 0 Å². The van der Waals surface area contributed by atoms with Gasteiger partial charge in [0.2, 0.25) is 5.75 Å². The van der Waals surface area contributed by atoms with Gasteiger partial charge in [-0.25, -0.2) is 0 Å². The second kappa shape index (κ2) is 5.06. The zero-order valence-electron chi connectivity index (χ0n) is 11.2. The van der Waals surface area contributed by atoms with E-state index in [9.17, 15) is 5.11 Å². The third-order valence-electron chi connectivity index (χ3n) is 3.55. The molecule has 1 atom stereocenters. The van der Waals surface area contributed by atoms with E-state index >= 15 is 0 Å².